The second-order valence-electron chi connectivity index (χ2n) is 3.19. The van der Waals surface area contributed by atoms with E-state index >= 15 is 0 Å². The molecule has 1 rings (SSSR count). The average molecular weight is 212 g/mol. The van der Waals surface area contributed by atoms with Crippen LogP contribution in [0.25, 0.3) is 0 Å². The van der Waals surface area contributed by atoms with Crippen molar-refractivity contribution in [3.05, 3.63) is 29.6 Å². The van der Waals surface area contributed by atoms with Crippen molar-refractivity contribution in [2.45, 2.75) is 20.0 Å². The van der Waals surface area contributed by atoms with Gasteiger partial charge in [0.1, 0.15) is 11.6 Å². The van der Waals surface area contributed by atoms with E-state index in [1.54, 1.807) is 13.8 Å². The largest absolute Gasteiger partial charge is 0.479 e. The van der Waals surface area contributed by atoms with E-state index in [0.717, 1.165) is 0 Å². The third-order valence-electron chi connectivity index (χ3n) is 1.98. The molecule has 0 aromatic heterocycles. The van der Waals surface area contributed by atoms with Gasteiger partial charge in [-0.05, 0) is 37.6 Å². The number of aryl methyl sites for hydroxylation is 1. The molecule has 0 amide bonds. The monoisotopic (exact) mass is 212 g/mol. The molecule has 82 valence electrons. The molecule has 0 spiro atoms. The Balaban J connectivity index is 2.73. The first-order valence-corrected chi connectivity index (χ1v) is 4.55. The van der Waals surface area contributed by atoms with Crippen LogP contribution < -0.4 is 4.74 Å². The molecule has 4 heteroatoms. The van der Waals surface area contributed by atoms with E-state index in [1.165, 1.54) is 25.3 Å². The van der Waals surface area contributed by atoms with Crippen LogP contribution in [0.3, 0.4) is 0 Å². The van der Waals surface area contributed by atoms with E-state index in [0.29, 0.717) is 11.3 Å². The fraction of sp³-hybridized carbons (Fsp3) is 0.364. The van der Waals surface area contributed by atoms with Gasteiger partial charge in [-0.15, -0.1) is 0 Å². The smallest absolute Gasteiger partial charge is 0.346 e. The number of hydrogen-bond acceptors (Lipinski definition) is 3. The first-order chi connectivity index (χ1) is 7.04. The van der Waals surface area contributed by atoms with Gasteiger partial charge in [0.15, 0.2) is 6.10 Å². The Labute approximate surface area is 87.8 Å². The van der Waals surface area contributed by atoms with Gasteiger partial charge in [-0.1, -0.05) is 0 Å². The van der Waals surface area contributed by atoms with E-state index in [-0.39, 0.29) is 5.82 Å². The van der Waals surface area contributed by atoms with Gasteiger partial charge in [-0.3, -0.25) is 0 Å². The molecule has 0 saturated carbocycles. The number of carbonyl (C=O) groups excluding carboxylic acids is 1. The summed E-state index contributed by atoms with van der Waals surface area (Å²) in [7, 11) is 1.29. The SMILES string of the molecule is COC(=O)[C@@H](C)Oc1ccc(F)c(C)c1. The molecule has 0 heterocycles. The fourth-order valence-electron chi connectivity index (χ4n) is 1.11. The molecule has 15 heavy (non-hydrogen) atoms. The van der Waals surface area contributed by atoms with E-state index < -0.39 is 12.1 Å². The number of halogens is 1. The van der Waals surface area contributed by atoms with Gasteiger partial charge < -0.3 is 9.47 Å². The van der Waals surface area contributed by atoms with Crippen molar-refractivity contribution < 1.29 is 18.7 Å². The van der Waals surface area contributed by atoms with E-state index in [9.17, 15) is 9.18 Å². The lowest BCUT2D eigenvalue weighted by Crippen LogP contribution is -2.24. The number of methoxy groups -OCH3 is 1. The molecular formula is C11H13FO3. The summed E-state index contributed by atoms with van der Waals surface area (Å²) in [4.78, 5) is 11.0. The van der Waals surface area contributed by atoms with Gasteiger partial charge in [0.25, 0.3) is 0 Å². The molecule has 0 radical (unpaired) electrons. The summed E-state index contributed by atoms with van der Waals surface area (Å²) in [6.07, 6.45) is -0.695. The second kappa shape index (κ2) is 4.77. The van der Waals surface area contributed by atoms with Crippen molar-refractivity contribution in [2.75, 3.05) is 7.11 Å². The van der Waals surface area contributed by atoms with Crippen LogP contribution in [0.15, 0.2) is 18.2 Å². The number of benzene rings is 1. The number of rotatable bonds is 3. The second-order valence-corrected chi connectivity index (χ2v) is 3.19. The molecule has 1 atom stereocenters. The maximum atomic E-state index is 12.9. The highest BCUT2D eigenvalue weighted by molar-refractivity contribution is 5.74. The Bertz CT molecular complexity index is 363. The zero-order chi connectivity index (χ0) is 11.4. The zero-order valence-electron chi connectivity index (χ0n) is 8.91. The lowest BCUT2D eigenvalue weighted by atomic mass is 10.2. The zero-order valence-corrected chi connectivity index (χ0v) is 8.91. The van der Waals surface area contributed by atoms with Crippen LogP contribution in [0.4, 0.5) is 4.39 Å². The summed E-state index contributed by atoms with van der Waals surface area (Å²) < 4.78 is 22.7. The lowest BCUT2D eigenvalue weighted by Gasteiger charge is -2.12. The van der Waals surface area contributed by atoms with Gasteiger partial charge in [0.2, 0.25) is 0 Å². The third-order valence-corrected chi connectivity index (χ3v) is 1.98. The maximum Gasteiger partial charge on any atom is 0.346 e. The molecule has 0 aliphatic rings. The van der Waals surface area contributed by atoms with Crippen LogP contribution in [0.5, 0.6) is 5.75 Å². The highest BCUT2D eigenvalue weighted by atomic mass is 19.1. The molecule has 1 aromatic rings. The molecule has 0 aliphatic carbocycles. The summed E-state index contributed by atoms with van der Waals surface area (Å²) in [5.41, 5.74) is 0.476. The van der Waals surface area contributed by atoms with Crippen molar-refractivity contribution >= 4 is 5.97 Å². The highest BCUT2D eigenvalue weighted by Gasteiger charge is 2.14. The van der Waals surface area contributed by atoms with Crippen LogP contribution in [0, 0.1) is 12.7 Å². The van der Waals surface area contributed by atoms with Crippen molar-refractivity contribution in [2.24, 2.45) is 0 Å². The van der Waals surface area contributed by atoms with E-state index in [4.69, 9.17) is 4.74 Å². The number of hydrogen-bond donors (Lipinski definition) is 0. The molecular weight excluding hydrogens is 199 g/mol. The van der Waals surface area contributed by atoms with Gasteiger partial charge in [0, 0.05) is 0 Å². The first-order valence-electron chi connectivity index (χ1n) is 4.55. The molecule has 1 aromatic carbocycles. The van der Waals surface area contributed by atoms with Crippen LogP contribution in [-0.4, -0.2) is 19.2 Å². The number of carbonyl (C=O) groups is 1. The Kier molecular flexibility index (Phi) is 3.66. The predicted octanol–water partition coefficient (Wildman–Crippen LogP) is 2.07. The minimum atomic E-state index is -0.695. The molecule has 0 N–H and O–H groups in total. The fourth-order valence-corrected chi connectivity index (χ4v) is 1.11. The van der Waals surface area contributed by atoms with Crippen LogP contribution in [0.1, 0.15) is 12.5 Å². The average Bonchev–Trinajstić information content (AvgIpc) is 2.22. The number of esters is 1. The minimum absolute atomic E-state index is 0.298. The molecule has 3 nitrogen and oxygen atoms in total. The van der Waals surface area contributed by atoms with Crippen molar-refractivity contribution in [1.82, 2.24) is 0 Å². The summed E-state index contributed by atoms with van der Waals surface area (Å²) in [5, 5.41) is 0. The Morgan fingerprint density at radius 1 is 1.47 bits per heavy atom. The van der Waals surface area contributed by atoms with Crippen LogP contribution in [0.2, 0.25) is 0 Å². The van der Waals surface area contributed by atoms with E-state index in [2.05, 4.69) is 4.74 Å². The standard InChI is InChI=1S/C11H13FO3/c1-7-6-9(4-5-10(7)12)15-8(2)11(13)14-3/h4-6,8H,1-3H3/t8-/m1/s1. The van der Waals surface area contributed by atoms with Gasteiger partial charge in [0.05, 0.1) is 7.11 Å². The lowest BCUT2D eigenvalue weighted by molar-refractivity contribution is -0.147. The van der Waals surface area contributed by atoms with Crippen molar-refractivity contribution in [3.63, 3.8) is 0 Å². The third kappa shape index (κ3) is 2.94. The normalized spacial score (nSPS) is 12.0. The quantitative estimate of drug-likeness (QED) is 0.719. The number of ether oxygens (including phenoxy) is 2. The molecule has 0 unspecified atom stereocenters. The summed E-state index contributed by atoms with van der Waals surface area (Å²) >= 11 is 0. The van der Waals surface area contributed by atoms with E-state index in [1.807, 2.05) is 0 Å². The van der Waals surface area contributed by atoms with Crippen molar-refractivity contribution in [1.29, 1.82) is 0 Å². The molecule has 0 aliphatic heterocycles. The molecule has 0 saturated heterocycles. The maximum absolute atomic E-state index is 12.9. The Morgan fingerprint density at radius 3 is 2.67 bits per heavy atom. The Hall–Kier alpha value is -1.58. The highest BCUT2D eigenvalue weighted by Crippen LogP contribution is 2.17. The summed E-state index contributed by atoms with van der Waals surface area (Å²) in [5.74, 6) is -0.308. The Morgan fingerprint density at radius 2 is 2.13 bits per heavy atom. The van der Waals surface area contributed by atoms with Crippen LogP contribution in [-0.2, 0) is 9.53 Å². The predicted molar refractivity (Wildman–Crippen MR) is 53.2 cm³/mol. The van der Waals surface area contributed by atoms with Crippen molar-refractivity contribution in [3.8, 4) is 5.75 Å². The van der Waals surface area contributed by atoms with Gasteiger partial charge >= 0.3 is 5.97 Å². The van der Waals surface area contributed by atoms with Gasteiger partial charge in [-0.25, -0.2) is 9.18 Å². The first kappa shape index (κ1) is 11.5. The molecule has 0 bridgehead atoms. The molecule has 0 fully saturated rings. The minimum Gasteiger partial charge on any atom is -0.479 e. The summed E-state index contributed by atoms with van der Waals surface area (Å²) in [6, 6.07) is 4.31. The van der Waals surface area contributed by atoms with Crippen LogP contribution >= 0.6 is 0 Å². The van der Waals surface area contributed by atoms with Gasteiger partial charge in [-0.2, -0.15) is 0 Å². The summed E-state index contributed by atoms with van der Waals surface area (Å²) in [6.45, 7) is 3.20. The topological polar surface area (TPSA) is 35.5 Å².